The van der Waals surface area contributed by atoms with E-state index in [1.165, 1.54) is 0 Å². The molecule has 6 heteroatoms. The Hall–Kier alpha value is -5.36. The Kier molecular flexibility index (Phi) is 4.56. The molecule has 0 bridgehead atoms. The normalized spacial score (nSPS) is 11.9. The summed E-state index contributed by atoms with van der Waals surface area (Å²) in [5.41, 5.74) is 3.09. The van der Waals surface area contributed by atoms with Gasteiger partial charge in [-0.3, -0.25) is 0 Å². The monoisotopic (exact) mass is 524 g/mol. The number of benzene rings is 4. The van der Waals surface area contributed by atoms with Gasteiger partial charge in [0.25, 0.3) is 0 Å². The predicted molar refractivity (Wildman–Crippen MR) is 156 cm³/mol. The second kappa shape index (κ2) is 8.07. The fraction of sp³-hybridized carbons (Fsp3) is 0.0588. The maximum atomic E-state index is 13.1. The van der Waals surface area contributed by atoms with Crippen molar-refractivity contribution >= 4 is 54.6 Å². The summed E-state index contributed by atoms with van der Waals surface area (Å²) in [7, 11) is 0. The zero-order chi connectivity index (χ0) is 27.1. The third-order valence-corrected chi connectivity index (χ3v) is 7.79. The molecule has 4 heterocycles. The van der Waals surface area contributed by atoms with E-state index < -0.39 is 11.3 Å². The Balaban J connectivity index is 1.31. The molecule has 0 atom stereocenters. The number of fused-ring (bicyclic) bond motifs is 7. The number of hydrogen-bond acceptors (Lipinski definition) is 6. The average molecular weight is 525 g/mol. The van der Waals surface area contributed by atoms with Gasteiger partial charge in [0, 0.05) is 22.9 Å². The molecule has 8 aromatic rings. The minimum Gasteiger partial charge on any atom is -0.452 e. The van der Waals surface area contributed by atoms with Gasteiger partial charge < -0.3 is 17.7 Å². The van der Waals surface area contributed by atoms with Gasteiger partial charge in [0.05, 0.1) is 0 Å². The highest BCUT2D eigenvalue weighted by Crippen LogP contribution is 2.38. The fourth-order valence-electron chi connectivity index (χ4n) is 5.96. The largest absolute Gasteiger partial charge is 0.452 e. The maximum Gasteiger partial charge on any atom is 0.347 e. The zero-order valence-corrected chi connectivity index (χ0v) is 21.5. The van der Waals surface area contributed by atoms with Crippen LogP contribution in [0.1, 0.15) is 11.1 Å². The Morgan fingerprint density at radius 1 is 0.475 bits per heavy atom. The summed E-state index contributed by atoms with van der Waals surface area (Å²) in [6.07, 6.45) is 0. The van der Waals surface area contributed by atoms with Crippen molar-refractivity contribution in [1.29, 1.82) is 0 Å². The van der Waals surface area contributed by atoms with Crippen LogP contribution in [0.5, 0.6) is 0 Å². The highest BCUT2D eigenvalue weighted by Gasteiger charge is 2.23. The molecule has 0 spiro atoms. The molecule has 0 amide bonds. The molecule has 4 aromatic heterocycles. The van der Waals surface area contributed by atoms with Crippen molar-refractivity contribution in [3.8, 4) is 22.6 Å². The van der Waals surface area contributed by atoms with Crippen LogP contribution in [0.2, 0.25) is 0 Å². The molecular formula is C34H20O6. The van der Waals surface area contributed by atoms with Crippen molar-refractivity contribution in [3.05, 3.63) is 117 Å². The molecule has 4 aromatic carbocycles. The van der Waals surface area contributed by atoms with Crippen LogP contribution in [0.15, 0.2) is 112 Å². The highest BCUT2D eigenvalue weighted by molar-refractivity contribution is 6.09. The molecule has 0 radical (unpaired) electrons. The van der Waals surface area contributed by atoms with Gasteiger partial charge in [-0.25, -0.2) is 9.59 Å². The molecule has 0 unspecified atom stereocenters. The topological polar surface area (TPSA) is 86.7 Å². The first-order valence-corrected chi connectivity index (χ1v) is 12.9. The Bertz CT molecular complexity index is 2250. The van der Waals surface area contributed by atoms with Gasteiger partial charge in [-0.15, -0.1) is 0 Å². The first-order valence-electron chi connectivity index (χ1n) is 12.9. The molecule has 0 fully saturated rings. The minimum absolute atomic E-state index is 0.338. The van der Waals surface area contributed by atoms with Crippen LogP contribution in [-0.2, 0) is 0 Å². The molecule has 0 saturated heterocycles. The molecule has 8 rings (SSSR count). The van der Waals surface area contributed by atoms with E-state index in [0.29, 0.717) is 45.0 Å². The van der Waals surface area contributed by atoms with E-state index in [1.54, 1.807) is 12.1 Å². The first-order chi connectivity index (χ1) is 19.5. The van der Waals surface area contributed by atoms with Crippen LogP contribution in [0, 0.1) is 13.8 Å². The molecule has 0 aliphatic heterocycles. The summed E-state index contributed by atoms with van der Waals surface area (Å²) in [6.45, 7) is 3.79. The number of hydrogen-bond donors (Lipinski definition) is 0. The van der Waals surface area contributed by atoms with Gasteiger partial charge in [-0.2, -0.15) is 0 Å². The molecular weight excluding hydrogens is 504 g/mol. The zero-order valence-electron chi connectivity index (χ0n) is 21.5. The summed E-state index contributed by atoms with van der Waals surface area (Å²) in [4.78, 5) is 26.2. The third-order valence-electron chi connectivity index (χ3n) is 7.79. The molecule has 192 valence electrons. The van der Waals surface area contributed by atoms with E-state index in [0.717, 1.165) is 43.4 Å². The number of rotatable bonds is 2. The smallest absolute Gasteiger partial charge is 0.347 e. The lowest BCUT2D eigenvalue weighted by molar-refractivity contribution is 0.554. The van der Waals surface area contributed by atoms with E-state index in [-0.39, 0.29) is 0 Å². The van der Waals surface area contributed by atoms with Crippen LogP contribution in [0.4, 0.5) is 0 Å². The summed E-state index contributed by atoms with van der Waals surface area (Å²) in [5.74, 6) is 0.685. The Morgan fingerprint density at radius 2 is 0.900 bits per heavy atom. The van der Waals surface area contributed by atoms with Crippen LogP contribution in [-0.4, -0.2) is 0 Å². The van der Waals surface area contributed by atoms with Gasteiger partial charge in [-0.05, 0) is 58.7 Å². The molecule has 0 aliphatic carbocycles. The second-order valence-electron chi connectivity index (χ2n) is 10.0. The minimum atomic E-state index is -0.491. The van der Waals surface area contributed by atoms with E-state index in [4.69, 9.17) is 17.7 Å². The van der Waals surface area contributed by atoms with Gasteiger partial charge >= 0.3 is 11.3 Å². The molecule has 6 nitrogen and oxygen atoms in total. The van der Waals surface area contributed by atoms with E-state index in [9.17, 15) is 9.59 Å². The van der Waals surface area contributed by atoms with Crippen LogP contribution in [0.3, 0.4) is 0 Å². The lowest BCUT2D eigenvalue weighted by Gasteiger charge is -2.09. The van der Waals surface area contributed by atoms with Crippen molar-refractivity contribution in [1.82, 2.24) is 0 Å². The quantitative estimate of drug-likeness (QED) is 0.166. The Morgan fingerprint density at radius 3 is 1.35 bits per heavy atom. The average Bonchev–Trinajstić information content (AvgIpc) is 3.51. The maximum absolute atomic E-state index is 13.1. The summed E-state index contributed by atoms with van der Waals surface area (Å²) in [6, 6.07) is 26.8. The molecule has 40 heavy (non-hydrogen) atoms. The van der Waals surface area contributed by atoms with Gasteiger partial charge in [0.1, 0.15) is 33.8 Å². The van der Waals surface area contributed by atoms with Crippen LogP contribution >= 0.6 is 0 Å². The fourth-order valence-corrected chi connectivity index (χ4v) is 5.96. The van der Waals surface area contributed by atoms with Crippen LogP contribution < -0.4 is 11.3 Å². The van der Waals surface area contributed by atoms with Gasteiger partial charge in [0.15, 0.2) is 11.2 Å². The molecule has 0 aliphatic rings. The summed E-state index contributed by atoms with van der Waals surface area (Å²) in [5, 5.41) is 5.80. The number of aryl methyl sites for hydroxylation is 2. The standard InChI is InChI=1S/C34H20O6/c1-17-29-21-9-5-3-7-19(21)11-13-23(29)39-33(35)31(17)27-15-25-26(37-27)16-28(38-25)32-18(2)30-22-10-6-4-8-20(22)12-14-24(30)40-34(32)36/h3-16H,1-2H3. The first kappa shape index (κ1) is 22.6. The SMILES string of the molecule is Cc1c(-c2cc3oc(-c4c(C)c5c(ccc6ccccc65)oc4=O)cc3o2)c(=O)oc2ccc3ccccc3c12. The van der Waals surface area contributed by atoms with Gasteiger partial charge in [0.2, 0.25) is 0 Å². The second-order valence-corrected chi connectivity index (χ2v) is 10.0. The Labute approximate surface area is 225 Å². The van der Waals surface area contributed by atoms with Crippen molar-refractivity contribution < 1.29 is 17.7 Å². The predicted octanol–water partition coefficient (Wildman–Crippen LogP) is 8.50. The lowest BCUT2D eigenvalue weighted by atomic mass is 9.99. The van der Waals surface area contributed by atoms with Crippen molar-refractivity contribution in [2.75, 3.05) is 0 Å². The molecule has 0 N–H and O–H groups in total. The van der Waals surface area contributed by atoms with Crippen molar-refractivity contribution in [2.45, 2.75) is 13.8 Å². The van der Waals surface area contributed by atoms with Crippen molar-refractivity contribution in [2.24, 2.45) is 0 Å². The van der Waals surface area contributed by atoms with E-state index in [1.807, 2.05) is 86.6 Å². The van der Waals surface area contributed by atoms with Crippen molar-refractivity contribution in [3.63, 3.8) is 0 Å². The summed E-state index contributed by atoms with van der Waals surface area (Å²) >= 11 is 0. The molecule has 0 saturated carbocycles. The summed E-state index contributed by atoms with van der Waals surface area (Å²) < 4.78 is 23.7. The van der Waals surface area contributed by atoms with Crippen LogP contribution in [0.25, 0.3) is 77.3 Å². The third kappa shape index (κ3) is 3.10. The number of furan rings is 2. The highest BCUT2D eigenvalue weighted by atomic mass is 16.4. The van der Waals surface area contributed by atoms with E-state index >= 15 is 0 Å². The van der Waals surface area contributed by atoms with Gasteiger partial charge in [-0.1, -0.05) is 60.7 Å². The lowest BCUT2D eigenvalue weighted by Crippen LogP contribution is -2.06. The van der Waals surface area contributed by atoms with E-state index in [2.05, 4.69) is 0 Å².